The number of allylic oxidation sites excluding steroid dienone is 1. The van der Waals surface area contributed by atoms with Gasteiger partial charge >= 0.3 is 0 Å². The first-order valence-electron chi connectivity index (χ1n) is 9.86. The molecule has 0 radical (unpaired) electrons. The molecule has 2 aromatic rings. The normalized spacial score (nSPS) is 22.4. The zero-order valence-electron chi connectivity index (χ0n) is 16.4. The number of H-pyrrole nitrogens is 1. The summed E-state index contributed by atoms with van der Waals surface area (Å²) in [6.07, 6.45) is 6.23. The Bertz CT molecular complexity index is 998. The number of likely N-dealkylation sites (tertiary alicyclic amines) is 1. The Morgan fingerprint density at radius 2 is 2.27 bits per heavy atom. The van der Waals surface area contributed by atoms with Gasteiger partial charge in [0.1, 0.15) is 17.9 Å². The highest BCUT2D eigenvalue weighted by atomic mass is 19.1. The number of nitrogens with two attached hydrogens (primary N) is 1. The number of alkyl halides is 1. The van der Waals surface area contributed by atoms with E-state index in [-0.39, 0.29) is 30.7 Å². The number of halogens is 1. The predicted octanol–water partition coefficient (Wildman–Crippen LogP) is 1.91. The van der Waals surface area contributed by atoms with E-state index in [0.717, 1.165) is 12.8 Å². The zero-order chi connectivity index (χ0) is 21.1. The maximum atomic E-state index is 14.5. The molecule has 9 nitrogen and oxygen atoms in total. The van der Waals surface area contributed by atoms with E-state index >= 15 is 0 Å². The van der Waals surface area contributed by atoms with Crippen molar-refractivity contribution in [2.24, 2.45) is 10.7 Å². The van der Waals surface area contributed by atoms with Crippen molar-refractivity contribution in [3.05, 3.63) is 36.8 Å². The Morgan fingerprint density at radius 3 is 3.00 bits per heavy atom. The van der Waals surface area contributed by atoms with Crippen LogP contribution in [0.2, 0.25) is 0 Å². The highest BCUT2D eigenvalue weighted by Gasteiger charge is 2.33. The Hall–Kier alpha value is -3.43. The van der Waals surface area contributed by atoms with E-state index in [1.807, 2.05) is 0 Å². The fourth-order valence-corrected chi connectivity index (χ4v) is 3.19. The maximum Gasteiger partial charge on any atom is 0.246 e. The Morgan fingerprint density at radius 1 is 1.43 bits per heavy atom. The number of nitrogens with one attached hydrogen (secondary N) is 2. The summed E-state index contributed by atoms with van der Waals surface area (Å²) < 4.78 is 20.5. The topological polar surface area (TPSA) is 122 Å². The summed E-state index contributed by atoms with van der Waals surface area (Å²) in [6, 6.07) is 2.10. The lowest BCUT2D eigenvalue weighted by molar-refractivity contribution is -0.130. The number of carbonyl (C=O) groups excluding carboxylic acids is 1. The first-order chi connectivity index (χ1) is 14.6. The molecule has 2 fully saturated rings. The van der Waals surface area contributed by atoms with E-state index in [1.165, 1.54) is 17.2 Å². The van der Waals surface area contributed by atoms with Crippen LogP contribution in [0.25, 0.3) is 11.0 Å². The number of carbonyl (C=O) groups is 1. The molecule has 1 saturated heterocycles. The molecule has 1 aliphatic carbocycles. The number of aromatic amines is 1. The van der Waals surface area contributed by atoms with E-state index in [9.17, 15) is 9.18 Å². The number of piperidine rings is 1. The molecule has 10 heteroatoms. The summed E-state index contributed by atoms with van der Waals surface area (Å²) in [4.78, 5) is 29.7. The third-order valence-corrected chi connectivity index (χ3v) is 5.02. The molecule has 4 N–H and O–H groups in total. The van der Waals surface area contributed by atoms with Crippen molar-refractivity contribution in [1.82, 2.24) is 19.9 Å². The van der Waals surface area contributed by atoms with Crippen LogP contribution < -0.4 is 15.8 Å². The number of fused-ring (bicyclic) bond motifs is 1. The van der Waals surface area contributed by atoms with Crippen LogP contribution in [-0.2, 0) is 4.79 Å². The van der Waals surface area contributed by atoms with Gasteiger partial charge in [0.15, 0.2) is 0 Å². The number of amides is 1. The molecule has 4 rings (SSSR count). The van der Waals surface area contributed by atoms with Crippen molar-refractivity contribution in [2.45, 2.75) is 37.6 Å². The molecule has 0 bridgehead atoms. The Labute approximate surface area is 172 Å². The smallest absolute Gasteiger partial charge is 0.246 e. The molecule has 0 aromatic carbocycles. The van der Waals surface area contributed by atoms with Crippen molar-refractivity contribution in [1.29, 1.82) is 0 Å². The molecule has 1 amide bonds. The second-order valence-electron chi connectivity index (χ2n) is 7.30. The van der Waals surface area contributed by atoms with Crippen molar-refractivity contribution < 1.29 is 13.9 Å². The van der Waals surface area contributed by atoms with Crippen LogP contribution in [0.4, 0.5) is 10.3 Å². The van der Waals surface area contributed by atoms with E-state index in [4.69, 9.17) is 10.5 Å². The van der Waals surface area contributed by atoms with E-state index < -0.39 is 12.3 Å². The predicted molar refractivity (Wildman–Crippen MR) is 112 cm³/mol. The second kappa shape index (κ2) is 8.52. The largest absolute Gasteiger partial charge is 0.469 e. The lowest BCUT2D eigenvalue weighted by Crippen LogP contribution is -2.49. The van der Waals surface area contributed by atoms with Gasteiger partial charge in [-0.25, -0.2) is 4.39 Å². The van der Waals surface area contributed by atoms with Crippen LogP contribution in [-0.4, -0.2) is 63.4 Å². The van der Waals surface area contributed by atoms with Crippen LogP contribution in [0.1, 0.15) is 19.3 Å². The van der Waals surface area contributed by atoms with Gasteiger partial charge in [-0.1, -0.05) is 6.58 Å². The Kier molecular flexibility index (Phi) is 5.64. The highest BCUT2D eigenvalue weighted by molar-refractivity contribution is 5.87. The minimum atomic E-state index is -1.22. The number of aromatic nitrogens is 3. The molecule has 0 spiro atoms. The summed E-state index contributed by atoms with van der Waals surface area (Å²) in [5.41, 5.74) is 6.75. The van der Waals surface area contributed by atoms with Crippen LogP contribution in [0.3, 0.4) is 0 Å². The average molecular weight is 413 g/mol. The van der Waals surface area contributed by atoms with Crippen LogP contribution in [0.5, 0.6) is 5.88 Å². The zero-order valence-corrected chi connectivity index (χ0v) is 16.4. The summed E-state index contributed by atoms with van der Waals surface area (Å²) in [5, 5.41) is 3.63. The van der Waals surface area contributed by atoms with Crippen molar-refractivity contribution in [3.63, 3.8) is 0 Å². The molecule has 1 saturated carbocycles. The number of aliphatic imine (C=N–C) groups is 1. The van der Waals surface area contributed by atoms with Crippen molar-refractivity contribution in [3.8, 4) is 5.88 Å². The molecular weight excluding hydrogens is 389 g/mol. The van der Waals surface area contributed by atoms with Gasteiger partial charge < -0.3 is 25.7 Å². The maximum absolute atomic E-state index is 14.5. The third-order valence-electron chi connectivity index (χ3n) is 5.02. The van der Waals surface area contributed by atoms with E-state index in [0.29, 0.717) is 29.3 Å². The lowest BCUT2D eigenvalue weighted by Gasteiger charge is -2.34. The quantitative estimate of drug-likeness (QED) is 0.471. The molecule has 2 aliphatic rings. The average Bonchev–Trinajstić information content (AvgIpc) is 3.46. The van der Waals surface area contributed by atoms with Gasteiger partial charge in [0, 0.05) is 25.2 Å². The molecule has 30 heavy (non-hydrogen) atoms. The van der Waals surface area contributed by atoms with Crippen LogP contribution in [0.15, 0.2) is 41.8 Å². The standard InChI is InChI=1S/C20H24FN7O2/c1-2-17(29)28-8-6-15(21)16(11-28)30-19-14-5-7-23-18(14)26-20(27-19)25-13(9-22)10-24-12-3-4-12/h2,5,7,9-10,12,15-16H,1,3-4,6,8,11,22H2,(H2,23,25,26,27). The summed E-state index contributed by atoms with van der Waals surface area (Å²) in [5.74, 6) is 0.212. The molecule has 2 atom stereocenters. The molecule has 158 valence electrons. The van der Waals surface area contributed by atoms with Crippen molar-refractivity contribution in [2.75, 3.05) is 18.4 Å². The van der Waals surface area contributed by atoms with Gasteiger partial charge in [-0.15, -0.1) is 0 Å². The van der Waals surface area contributed by atoms with Gasteiger partial charge in [0.25, 0.3) is 0 Å². The monoisotopic (exact) mass is 413 g/mol. The molecule has 2 unspecified atom stereocenters. The van der Waals surface area contributed by atoms with Gasteiger partial charge in [0.2, 0.25) is 17.7 Å². The SMILES string of the molecule is C=CC(=O)N1CCC(F)C(Oc2nc(NC(C=NC3CC3)=CN)nc3[nH]ccc23)C1. The molecule has 3 heterocycles. The summed E-state index contributed by atoms with van der Waals surface area (Å²) in [7, 11) is 0. The highest BCUT2D eigenvalue weighted by Crippen LogP contribution is 2.28. The minimum Gasteiger partial charge on any atom is -0.469 e. The minimum absolute atomic E-state index is 0.118. The van der Waals surface area contributed by atoms with Gasteiger partial charge in [0.05, 0.1) is 23.7 Å². The molecular formula is C20H24FN7O2. The number of hydrogen-bond donors (Lipinski definition) is 3. The summed E-state index contributed by atoms with van der Waals surface area (Å²) in [6.45, 7) is 3.93. The number of rotatable bonds is 7. The van der Waals surface area contributed by atoms with Gasteiger partial charge in [-0.2, -0.15) is 9.97 Å². The van der Waals surface area contributed by atoms with E-state index in [2.05, 4.69) is 31.8 Å². The molecule has 2 aromatic heterocycles. The van der Waals surface area contributed by atoms with Crippen LogP contribution >= 0.6 is 0 Å². The number of anilines is 1. The number of nitrogens with zero attached hydrogens (tertiary/aromatic N) is 4. The second-order valence-corrected chi connectivity index (χ2v) is 7.30. The lowest BCUT2D eigenvalue weighted by atomic mass is 10.1. The third kappa shape index (κ3) is 4.42. The fraction of sp³-hybridized carbons (Fsp3) is 0.400. The van der Waals surface area contributed by atoms with Gasteiger partial charge in [-0.3, -0.25) is 9.79 Å². The van der Waals surface area contributed by atoms with Crippen LogP contribution in [0, 0.1) is 0 Å². The van der Waals surface area contributed by atoms with Gasteiger partial charge in [-0.05, 0) is 31.4 Å². The summed E-state index contributed by atoms with van der Waals surface area (Å²) >= 11 is 0. The van der Waals surface area contributed by atoms with E-state index in [1.54, 1.807) is 18.5 Å². The number of ether oxygens (including phenoxy) is 1. The molecule has 1 aliphatic heterocycles. The number of hydrogen-bond acceptors (Lipinski definition) is 7. The van der Waals surface area contributed by atoms with Crippen molar-refractivity contribution >= 4 is 29.1 Å². The Balaban J connectivity index is 1.56. The first-order valence-corrected chi connectivity index (χ1v) is 9.86. The fourth-order valence-electron chi connectivity index (χ4n) is 3.19. The first kappa shape index (κ1) is 19.9.